The van der Waals surface area contributed by atoms with Gasteiger partial charge in [-0.2, -0.15) is 0 Å². The van der Waals surface area contributed by atoms with Crippen molar-refractivity contribution in [3.8, 4) is 5.75 Å². The van der Waals surface area contributed by atoms with Crippen LogP contribution in [0, 0.1) is 18.7 Å². The molecular weight excluding hydrogens is 479 g/mol. The number of carbonyl (C=O) groups is 1. The number of hydrogen-bond acceptors (Lipinski definition) is 4. The average molecular weight is 509 g/mol. The quantitative estimate of drug-likeness (QED) is 0.530. The molecule has 184 valence electrons. The lowest BCUT2D eigenvalue weighted by Crippen LogP contribution is -2.56. The summed E-state index contributed by atoms with van der Waals surface area (Å²) in [5.74, 6) is -0.823. The second-order valence-corrected chi connectivity index (χ2v) is 11.8. The number of aryl methyl sites for hydroxylation is 1. The van der Waals surface area contributed by atoms with Gasteiger partial charge in [-0.15, -0.1) is 0 Å². The van der Waals surface area contributed by atoms with E-state index < -0.39 is 26.3 Å². The van der Waals surface area contributed by atoms with E-state index in [0.717, 1.165) is 12.8 Å². The molecule has 2 amide bonds. The van der Waals surface area contributed by atoms with Crippen molar-refractivity contribution in [3.05, 3.63) is 58.4 Å². The smallest absolute Gasteiger partial charge is 0.315 e. The van der Waals surface area contributed by atoms with E-state index in [1.54, 1.807) is 13.0 Å². The van der Waals surface area contributed by atoms with Crippen LogP contribution in [0.3, 0.4) is 0 Å². The lowest BCUT2D eigenvalue weighted by molar-refractivity contribution is 0.113. The van der Waals surface area contributed by atoms with Crippen LogP contribution < -0.4 is 15.4 Å². The molecule has 0 spiro atoms. The maximum Gasteiger partial charge on any atom is 0.315 e. The molecule has 1 aliphatic carbocycles. The summed E-state index contributed by atoms with van der Waals surface area (Å²) in [6, 6.07) is 8.40. The summed E-state index contributed by atoms with van der Waals surface area (Å²) in [4.78, 5) is 12.4. The van der Waals surface area contributed by atoms with Gasteiger partial charge in [0.05, 0.1) is 17.1 Å². The maximum absolute atomic E-state index is 15.4. The normalized spacial score (nSPS) is 23.9. The molecule has 2 aliphatic rings. The van der Waals surface area contributed by atoms with Crippen LogP contribution in [0.15, 0.2) is 41.3 Å². The Morgan fingerprint density at radius 3 is 2.68 bits per heavy atom. The Bertz CT molecular complexity index is 1170. The van der Waals surface area contributed by atoms with Crippen LogP contribution in [0.5, 0.6) is 5.75 Å². The largest absolute Gasteiger partial charge is 0.492 e. The van der Waals surface area contributed by atoms with E-state index in [4.69, 9.17) is 16.3 Å². The molecular formula is C25H30ClFN2O4S. The second kappa shape index (κ2) is 9.74. The number of hydrogen-bond donors (Lipinski definition) is 2. The van der Waals surface area contributed by atoms with Gasteiger partial charge in [-0.05, 0) is 68.5 Å². The predicted molar refractivity (Wildman–Crippen MR) is 130 cm³/mol. The summed E-state index contributed by atoms with van der Waals surface area (Å²) in [7, 11) is -4.03. The number of carbonyl (C=O) groups excluding carboxylic acids is 1. The van der Waals surface area contributed by atoms with Gasteiger partial charge in [0.15, 0.2) is 9.84 Å². The number of rotatable bonds is 6. The zero-order chi connectivity index (χ0) is 24.5. The minimum absolute atomic E-state index is 0.0966. The molecule has 0 saturated heterocycles. The summed E-state index contributed by atoms with van der Waals surface area (Å²) >= 11 is 6.00. The molecule has 9 heteroatoms. The predicted octanol–water partition coefficient (Wildman–Crippen LogP) is 5.12. The Morgan fingerprint density at radius 2 is 1.97 bits per heavy atom. The third kappa shape index (κ3) is 4.26. The highest BCUT2D eigenvalue weighted by Crippen LogP contribution is 2.56. The van der Waals surface area contributed by atoms with E-state index in [-0.39, 0.29) is 35.6 Å². The molecule has 0 radical (unpaired) electrons. The third-order valence-corrected chi connectivity index (χ3v) is 9.85. The van der Waals surface area contributed by atoms with Crippen LogP contribution in [0.4, 0.5) is 9.18 Å². The fraction of sp³-hybridized carbons (Fsp3) is 0.480. The number of amides is 2. The highest BCUT2D eigenvalue weighted by Gasteiger charge is 2.59. The third-order valence-electron chi connectivity index (χ3n) is 7.00. The Kier molecular flexibility index (Phi) is 7.10. The standard InChI is InChI=1S/C25H30ClFN2O4S/c1-3-4-13-28-24(30)29-19-11-12-25(34(31,32)20-8-6-18(26)7-9-20)17(14-19)15-33-23-16(2)5-10-21(27)22(23)25/h5-10,17,19H,3-4,11-15H2,1-2H3,(H2,28,29,30)/t17-,19-,25+/m1/s1. The summed E-state index contributed by atoms with van der Waals surface area (Å²) in [5, 5.41) is 6.22. The molecule has 1 saturated carbocycles. The Morgan fingerprint density at radius 1 is 1.24 bits per heavy atom. The van der Waals surface area contributed by atoms with Gasteiger partial charge in [0.2, 0.25) is 0 Å². The van der Waals surface area contributed by atoms with Crippen molar-refractivity contribution in [2.75, 3.05) is 13.2 Å². The van der Waals surface area contributed by atoms with Gasteiger partial charge in [-0.1, -0.05) is 31.0 Å². The lowest BCUT2D eigenvalue weighted by Gasteiger charge is -2.49. The van der Waals surface area contributed by atoms with Crippen LogP contribution in [-0.4, -0.2) is 33.6 Å². The van der Waals surface area contributed by atoms with Crippen molar-refractivity contribution in [2.45, 2.75) is 61.6 Å². The second-order valence-electron chi connectivity index (χ2n) is 9.15. The Hall–Kier alpha value is -2.32. The average Bonchev–Trinajstić information content (AvgIpc) is 2.81. The summed E-state index contributed by atoms with van der Waals surface area (Å²) in [6.45, 7) is 4.53. The topological polar surface area (TPSA) is 84.5 Å². The van der Waals surface area contributed by atoms with E-state index >= 15 is 4.39 Å². The van der Waals surface area contributed by atoms with Gasteiger partial charge in [0.1, 0.15) is 16.3 Å². The molecule has 0 unspecified atom stereocenters. The molecule has 2 N–H and O–H groups in total. The van der Waals surface area contributed by atoms with Gasteiger partial charge in [0.25, 0.3) is 0 Å². The molecule has 3 atom stereocenters. The van der Waals surface area contributed by atoms with E-state index in [1.807, 2.05) is 6.92 Å². The maximum atomic E-state index is 15.4. The first-order valence-electron chi connectivity index (χ1n) is 11.7. The molecule has 34 heavy (non-hydrogen) atoms. The van der Waals surface area contributed by atoms with Gasteiger partial charge < -0.3 is 15.4 Å². The number of nitrogens with one attached hydrogen (secondary N) is 2. The van der Waals surface area contributed by atoms with E-state index in [9.17, 15) is 13.2 Å². The Balaban J connectivity index is 1.74. The highest BCUT2D eigenvalue weighted by atomic mass is 35.5. The molecule has 1 aliphatic heterocycles. The highest BCUT2D eigenvalue weighted by molar-refractivity contribution is 7.92. The number of urea groups is 1. The minimum Gasteiger partial charge on any atom is -0.492 e. The number of sulfone groups is 1. The first-order valence-corrected chi connectivity index (χ1v) is 13.5. The first-order chi connectivity index (χ1) is 16.2. The van der Waals surface area contributed by atoms with Gasteiger partial charge in [-0.25, -0.2) is 17.6 Å². The van der Waals surface area contributed by atoms with Crippen molar-refractivity contribution >= 4 is 27.5 Å². The van der Waals surface area contributed by atoms with Crippen LogP contribution in [0.1, 0.15) is 50.2 Å². The van der Waals surface area contributed by atoms with Crippen molar-refractivity contribution in [1.82, 2.24) is 10.6 Å². The number of ether oxygens (including phenoxy) is 1. The van der Waals surface area contributed by atoms with Gasteiger partial charge >= 0.3 is 6.03 Å². The summed E-state index contributed by atoms with van der Waals surface area (Å²) in [5.41, 5.74) is 0.792. The van der Waals surface area contributed by atoms with Crippen LogP contribution in [0.25, 0.3) is 0 Å². The van der Waals surface area contributed by atoms with Gasteiger partial charge in [-0.3, -0.25) is 0 Å². The molecule has 1 fully saturated rings. The molecule has 4 rings (SSSR count). The van der Waals surface area contributed by atoms with E-state index in [0.29, 0.717) is 35.7 Å². The number of unbranched alkanes of at least 4 members (excludes halogenated alkanes) is 1. The molecule has 0 aromatic heterocycles. The van der Waals surface area contributed by atoms with Crippen LogP contribution in [-0.2, 0) is 14.6 Å². The Labute approximate surface area is 205 Å². The van der Waals surface area contributed by atoms with Crippen LogP contribution in [0.2, 0.25) is 5.02 Å². The van der Waals surface area contributed by atoms with Crippen molar-refractivity contribution < 1.29 is 22.3 Å². The zero-order valence-corrected chi connectivity index (χ0v) is 20.9. The molecule has 6 nitrogen and oxygen atoms in total. The lowest BCUT2D eigenvalue weighted by atomic mass is 9.71. The number of halogens is 2. The SMILES string of the molecule is CCCCNC(=O)N[C@@H]1CC[C@@]2(S(=O)(=O)c3ccc(Cl)cc3)c3c(F)ccc(C)c3OC[C@H]2C1. The number of benzene rings is 2. The van der Waals surface area contributed by atoms with Crippen molar-refractivity contribution in [3.63, 3.8) is 0 Å². The first kappa shape index (κ1) is 24.8. The van der Waals surface area contributed by atoms with Crippen molar-refractivity contribution in [2.24, 2.45) is 5.92 Å². The molecule has 1 heterocycles. The fourth-order valence-corrected chi connectivity index (χ4v) is 7.75. The molecule has 2 aromatic carbocycles. The van der Waals surface area contributed by atoms with Crippen LogP contribution >= 0.6 is 11.6 Å². The zero-order valence-electron chi connectivity index (χ0n) is 19.4. The van der Waals surface area contributed by atoms with Gasteiger partial charge in [0, 0.05) is 23.5 Å². The summed E-state index contributed by atoms with van der Waals surface area (Å²) < 4.78 is 48.3. The fourth-order valence-electron chi connectivity index (χ4n) is 5.26. The molecule has 2 aromatic rings. The monoisotopic (exact) mass is 508 g/mol. The summed E-state index contributed by atoms with van der Waals surface area (Å²) in [6.07, 6.45) is 2.78. The minimum atomic E-state index is -4.03. The van der Waals surface area contributed by atoms with E-state index in [1.165, 1.54) is 30.3 Å². The van der Waals surface area contributed by atoms with Crippen molar-refractivity contribution in [1.29, 1.82) is 0 Å². The van der Waals surface area contributed by atoms with E-state index in [2.05, 4.69) is 10.6 Å². The number of fused-ring (bicyclic) bond motifs is 3. The molecule has 0 bridgehead atoms.